The average molecular weight is 256 g/mol. The molecule has 0 fully saturated rings. The van der Waals surface area contributed by atoms with Crippen molar-refractivity contribution in [2.75, 3.05) is 19.7 Å². The van der Waals surface area contributed by atoms with Crippen LogP contribution in [0.4, 0.5) is 18.0 Å². The zero-order valence-corrected chi connectivity index (χ0v) is 8.91. The molecule has 9 heteroatoms. The molecule has 1 N–H and O–H groups in total. The van der Waals surface area contributed by atoms with E-state index in [-0.39, 0.29) is 17.9 Å². The zero-order chi connectivity index (χ0) is 13.5. The molecule has 3 amide bonds. The van der Waals surface area contributed by atoms with E-state index in [0.717, 1.165) is 0 Å². The first-order valence-corrected chi connectivity index (χ1v) is 4.52. The Kier molecular flexibility index (Phi) is 6.00. The molecule has 0 atom stereocenters. The van der Waals surface area contributed by atoms with Gasteiger partial charge in [0, 0.05) is 0 Å². The number of nitrogens with zero attached hydrogens (tertiary/aromatic N) is 1. The summed E-state index contributed by atoms with van der Waals surface area (Å²) in [6.45, 7) is -0.775. The Labute approximate surface area is 94.7 Å². The first-order valence-electron chi connectivity index (χ1n) is 4.52. The highest BCUT2D eigenvalue weighted by atomic mass is 19.4. The fourth-order valence-corrected chi connectivity index (χ4v) is 0.780. The molecule has 0 aromatic rings. The van der Waals surface area contributed by atoms with E-state index in [1.54, 1.807) is 0 Å². The Morgan fingerprint density at radius 3 is 2.41 bits per heavy atom. The van der Waals surface area contributed by atoms with Gasteiger partial charge in [-0.1, -0.05) is 0 Å². The fourth-order valence-electron chi connectivity index (χ4n) is 0.780. The summed E-state index contributed by atoms with van der Waals surface area (Å²) in [7, 11) is 0. The third-order valence-corrected chi connectivity index (χ3v) is 1.43. The summed E-state index contributed by atoms with van der Waals surface area (Å²) in [5.74, 6) is -0.887. The number of esters is 1. The monoisotopic (exact) mass is 256 g/mol. The number of alkyl halides is 3. The number of nitrogens with one attached hydrogen (secondary N) is 1. The summed E-state index contributed by atoms with van der Waals surface area (Å²) in [5, 5.41) is 1.44. The van der Waals surface area contributed by atoms with E-state index >= 15 is 0 Å². The van der Waals surface area contributed by atoms with Gasteiger partial charge in [-0.05, 0) is 6.92 Å². The van der Waals surface area contributed by atoms with Crippen LogP contribution in [0.15, 0.2) is 0 Å². The van der Waals surface area contributed by atoms with Crippen molar-refractivity contribution in [1.82, 2.24) is 10.2 Å². The van der Waals surface area contributed by atoms with Crippen molar-refractivity contribution in [2.24, 2.45) is 0 Å². The van der Waals surface area contributed by atoms with E-state index in [4.69, 9.17) is 0 Å². The Hall–Kier alpha value is -1.80. The first-order chi connectivity index (χ1) is 7.80. The summed E-state index contributed by atoms with van der Waals surface area (Å²) >= 11 is 0. The number of ether oxygens (including phenoxy) is 1. The molecule has 0 heterocycles. The van der Waals surface area contributed by atoms with Crippen molar-refractivity contribution >= 4 is 18.4 Å². The van der Waals surface area contributed by atoms with Gasteiger partial charge < -0.3 is 10.1 Å². The van der Waals surface area contributed by atoms with Crippen molar-refractivity contribution < 1.29 is 32.3 Å². The SMILES string of the molecule is CCOC(=O)CN(C=O)C(=O)NCC(F)(F)F. The molecule has 0 spiro atoms. The van der Waals surface area contributed by atoms with Crippen LogP contribution in [-0.2, 0) is 14.3 Å². The normalized spacial score (nSPS) is 10.6. The maximum atomic E-state index is 11.8. The van der Waals surface area contributed by atoms with Crippen molar-refractivity contribution in [3.63, 3.8) is 0 Å². The lowest BCUT2D eigenvalue weighted by Gasteiger charge is -2.16. The highest BCUT2D eigenvalue weighted by molar-refractivity contribution is 5.89. The van der Waals surface area contributed by atoms with Crippen LogP contribution in [0.5, 0.6) is 0 Å². The van der Waals surface area contributed by atoms with Gasteiger partial charge >= 0.3 is 18.2 Å². The molecule has 6 nitrogen and oxygen atoms in total. The summed E-state index contributed by atoms with van der Waals surface area (Å²) in [6.07, 6.45) is -4.64. The average Bonchev–Trinajstić information content (AvgIpc) is 2.22. The van der Waals surface area contributed by atoms with Crippen LogP contribution in [0.1, 0.15) is 6.92 Å². The quantitative estimate of drug-likeness (QED) is 0.566. The van der Waals surface area contributed by atoms with Gasteiger partial charge in [-0.2, -0.15) is 13.2 Å². The highest BCUT2D eigenvalue weighted by Crippen LogP contribution is 2.12. The Morgan fingerprint density at radius 2 is 2.00 bits per heavy atom. The second kappa shape index (κ2) is 6.71. The molecule has 17 heavy (non-hydrogen) atoms. The van der Waals surface area contributed by atoms with Gasteiger partial charge in [-0.3, -0.25) is 14.5 Å². The molecule has 0 aliphatic carbocycles. The smallest absolute Gasteiger partial charge is 0.405 e. The largest absolute Gasteiger partial charge is 0.465 e. The summed E-state index contributed by atoms with van der Waals surface area (Å²) < 4.78 is 39.7. The van der Waals surface area contributed by atoms with Crippen LogP contribution < -0.4 is 5.32 Å². The van der Waals surface area contributed by atoms with E-state index in [2.05, 4.69) is 4.74 Å². The second-order valence-electron chi connectivity index (χ2n) is 2.81. The second-order valence-corrected chi connectivity index (χ2v) is 2.81. The minimum Gasteiger partial charge on any atom is -0.465 e. The number of hydrogen-bond acceptors (Lipinski definition) is 4. The molecule has 0 rings (SSSR count). The van der Waals surface area contributed by atoms with Crippen molar-refractivity contribution in [2.45, 2.75) is 13.1 Å². The fraction of sp³-hybridized carbons (Fsp3) is 0.625. The number of urea groups is 1. The number of halogens is 3. The lowest BCUT2D eigenvalue weighted by Crippen LogP contribution is -2.45. The third-order valence-electron chi connectivity index (χ3n) is 1.43. The van der Waals surface area contributed by atoms with E-state index < -0.39 is 31.3 Å². The van der Waals surface area contributed by atoms with Gasteiger partial charge in [0.05, 0.1) is 6.61 Å². The number of imide groups is 1. The number of rotatable bonds is 5. The Bertz CT molecular complexity index is 293. The maximum Gasteiger partial charge on any atom is 0.405 e. The Balaban J connectivity index is 4.22. The lowest BCUT2D eigenvalue weighted by atomic mass is 10.5. The summed E-state index contributed by atoms with van der Waals surface area (Å²) in [5.41, 5.74) is 0. The molecule has 0 saturated heterocycles. The molecule has 0 unspecified atom stereocenters. The zero-order valence-electron chi connectivity index (χ0n) is 8.91. The minimum atomic E-state index is -4.59. The maximum absolute atomic E-state index is 11.8. The van der Waals surface area contributed by atoms with Crippen molar-refractivity contribution in [3.8, 4) is 0 Å². The topological polar surface area (TPSA) is 75.7 Å². The van der Waals surface area contributed by atoms with E-state index in [1.807, 2.05) is 0 Å². The molecule has 0 saturated carbocycles. The number of carbonyl (C=O) groups excluding carboxylic acids is 3. The van der Waals surface area contributed by atoms with Crippen LogP contribution in [0, 0.1) is 0 Å². The number of carbonyl (C=O) groups is 3. The minimum absolute atomic E-state index is 0.0374. The standard InChI is InChI=1S/C8H11F3N2O4/c1-2-17-6(15)3-13(5-14)7(16)12-4-8(9,10)11/h5H,2-4H2,1H3,(H,12,16). The van der Waals surface area contributed by atoms with Crippen LogP contribution in [-0.4, -0.2) is 49.2 Å². The van der Waals surface area contributed by atoms with Crippen molar-refractivity contribution in [3.05, 3.63) is 0 Å². The number of amides is 3. The van der Waals surface area contributed by atoms with Gasteiger partial charge in [-0.25, -0.2) is 4.79 Å². The summed E-state index contributed by atoms with van der Waals surface area (Å²) in [6, 6.07) is -1.31. The van der Waals surface area contributed by atoms with Gasteiger partial charge in [-0.15, -0.1) is 0 Å². The molecule has 0 bridgehead atoms. The molecule has 0 aliphatic rings. The Morgan fingerprint density at radius 1 is 1.41 bits per heavy atom. The van der Waals surface area contributed by atoms with E-state index in [0.29, 0.717) is 0 Å². The van der Waals surface area contributed by atoms with E-state index in [9.17, 15) is 27.6 Å². The van der Waals surface area contributed by atoms with Crippen molar-refractivity contribution in [1.29, 1.82) is 0 Å². The molecule has 0 radical (unpaired) electrons. The van der Waals surface area contributed by atoms with Gasteiger partial charge in [0.25, 0.3) is 0 Å². The molecule has 0 aromatic heterocycles. The van der Waals surface area contributed by atoms with E-state index in [1.165, 1.54) is 12.2 Å². The molecule has 98 valence electrons. The first kappa shape index (κ1) is 15.2. The van der Waals surface area contributed by atoms with Gasteiger partial charge in [0.1, 0.15) is 13.1 Å². The predicted molar refractivity (Wildman–Crippen MR) is 48.9 cm³/mol. The van der Waals surface area contributed by atoms with Crippen LogP contribution in [0.2, 0.25) is 0 Å². The molecular formula is C8H11F3N2O4. The lowest BCUT2D eigenvalue weighted by molar-refractivity contribution is -0.145. The highest BCUT2D eigenvalue weighted by Gasteiger charge is 2.29. The summed E-state index contributed by atoms with van der Waals surface area (Å²) in [4.78, 5) is 32.6. The van der Waals surface area contributed by atoms with Gasteiger partial charge in [0.15, 0.2) is 0 Å². The predicted octanol–water partition coefficient (Wildman–Crippen LogP) is 0.280. The molecule has 0 aliphatic heterocycles. The molecular weight excluding hydrogens is 245 g/mol. The van der Waals surface area contributed by atoms with Crippen LogP contribution in [0.25, 0.3) is 0 Å². The third kappa shape index (κ3) is 7.14. The van der Waals surface area contributed by atoms with Crippen LogP contribution >= 0.6 is 0 Å². The van der Waals surface area contributed by atoms with Crippen LogP contribution in [0.3, 0.4) is 0 Å². The number of hydrogen-bond donors (Lipinski definition) is 1. The molecule has 0 aromatic carbocycles. The van der Waals surface area contributed by atoms with Gasteiger partial charge in [0.2, 0.25) is 6.41 Å².